The van der Waals surface area contributed by atoms with E-state index in [0.29, 0.717) is 33.4 Å². The Hall–Kier alpha value is -3.80. The molecule has 144 valence electrons. The molecule has 0 atom stereocenters. The molecular weight excluding hydrogens is 372 g/mol. The van der Waals surface area contributed by atoms with Crippen molar-refractivity contribution in [2.24, 2.45) is 0 Å². The van der Waals surface area contributed by atoms with Crippen LogP contribution < -0.4 is 0 Å². The molecule has 0 fully saturated rings. The third kappa shape index (κ3) is 3.52. The number of cyclic esters (lactones) is 4. The highest BCUT2D eigenvalue weighted by Gasteiger charge is 2.35. The van der Waals surface area contributed by atoms with Gasteiger partial charge in [0.1, 0.15) is 0 Å². The van der Waals surface area contributed by atoms with E-state index in [1.54, 1.807) is 24.3 Å². The Labute approximate surface area is 166 Å². The molecule has 0 saturated heterocycles. The number of hydrogen-bond donors (Lipinski definition) is 0. The lowest BCUT2D eigenvalue weighted by atomic mass is 9.96. The predicted molar refractivity (Wildman–Crippen MR) is 103 cm³/mol. The Morgan fingerprint density at radius 1 is 0.517 bits per heavy atom. The van der Waals surface area contributed by atoms with Crippen LogP contribution in [0.4, 0.5) is 0 Å². The summed E-state index contributed by atoms with van der Waals surface area (Å²) in [6.45, 7) is 0. The van der Waals surface area contributed by atoms with E-state index in [2.05, 4.69) is 4.74 Å². The number of carbonyl (C=O) groups is 4. The number of ether oxygens (including phenoxy) is 2. The molecule has 2 aromatic rings. The standard InChI is InChI=1S/C16H10O3.C7H6O3/c17-15-13(11-7-3-1-4-8-11)14(16(18)19-15)12-9-5-2-6-10-12;8-6-4-2-1-3-5(4)7(9)10-6/h1-10H;1-3H2. The van der Waals surface area contributed by atoms with Crippen molar-refractivity contribution < 1.29 is 28.7 Å². The molecule has 0 amide bonds. The van der Waals surface area contributed by atoms with Crippen molar-refractivity contribution in [1.82, 2.24) is 0 Å². The molecule has 0 radical (unpaired) electrons. The number of rotatable bonds is 2. The number of esters is 4. The van der Waals surface area contributed by atoms with Gasteiger partial charge in [0.25, 0.3) is 0 Å². The summed E-state index contributed by atoms with van der Waals surface area (Å²) in [7, 11) is 0. The average molecular weight is 388 g/mol. The van der Waals surface area contributed by atoms with Gasteiger partial charge in [-0.15, -0.1) is 0 Å². The van der Waals surface area contributed by atoms with Crippen LogP contribution in [0.2, 0.25) is 0 Å². The van der Waals surface area contributed by atoms with Gasteiger partial charge in [0.2, 0.25) is 0 Å². The maximum absolute atomic E-state index is 11.9. The highest BCUT2D eigenvalue weighted by molar-refractivity contribution is 6.44. The van der Waals surface area contributed by atoms with Crippen LogP contribution in [0.25, 0.3) is 11.1 Å². The fourth-order valence-corrected chi connectivity index (χ4v) is 3.53. The second-order valence-electron chi connectivity index (χ2n) is 6.65. The molecule has 6 nitrogen and oxygen atoms in total. The molecule has 0 bridgehead atoms. The minimum Gasteiger partial charge on any atom is -0.386 e. The molecule has 29 heavy (non-hydrogen) atoms. The summed E-state index contributed by atoms with van der Waals surface area (Å²) < 4.78 is 9.12. The molecule has 0 N–H and O–H groups in total. The molecule has 0 saturated carbocycles. The molecule has 3 aliphatic rings. The van der Waals surface area contributed by atoms with Gasteiger partial charge < -0.3 is 9.47 Å². The van der Waals surface area contributed by atoms with Gasteiger partial charge in [0, 0.05) is 11.1 Å². The normalized spacial score (nSPS) is 17.8. The zero-order valence-electron chi connectivity index (χ0n) is 15.3. The van der Waals surface area contributed by atoms with E-state index in [4.69, 9.17) is 4.74 Å². The van der Waals surface area contributed by atoms with Crippen molar-refractivity contribution in [1.29, 1.82) is 0 Å². The Morgan fingerprint density at radius 2 is 0.897 bits per heavy atom. The Kier molecular flexibility index (Phi) is 4.91. The number of carbonyl (C=O) groups excluding carboxylic acids is 4. The van der Waals surface area contributed by atoms with E-state index in [0.717, 1.165) is 19.3 Å². The zero-order chi connectivity index (χ0) is 20.4. The van der Waals surface area contributed by atoms with Crippen molar-refractivity contribution in [2.45, 2.75) is 19.3 Å². The highest BCUT2D eigenvalue weighted by atomic mass is 16.6. The van der Waals surface area contributed by atoms with Gasteiger partial charge in [-0.1, -0.05) is 60.7 Å². The second kappa shape index (κ2) is 7.67. The topological polar surface area (TPSA) is 86.7 Å². The van der Waals surface area contributed by atoms with E-state index in [9.17, 15) is 19.2 Å². The molecule has 5 rings (SSSR count). The van der Waals surface area contributed by atoms with Gasteiger partial charge in [0.05, 0.1) is 11.1 Å². The first-order chi connectivity index (χ1) is 14.1. The van der Waals surface area contributed by atoms with Crippen LogP contribution in [0, 0.1) is 0 Å². The van der Waals surface area contributed by atoms with E-state index >= 15 is 0 Å². The van der Waals surface area contributed by atoms with Gasteiger partial charge in [-0.2, -0.15) is 0 Å². The van der Waals surface area contributed by atoms with Crippen LogP contribution in [0.3, 0.4) is 0 Å². The van der Waals surface area contributed by atoms with Gasteiger partial charge in [-0.25, -0.2) is 19.2 Å². The maximum atomic E-state index is 11.9. The van der Waals surface area contributed by atoms with Crippen molar-refractivity contribution >= 4 is 35.0 Å². The average Bonchev–Trinajstić information content (AvgIpc) is 3.40. The molecule has 0 aromatic heterocycles. The fraction of sp³-hybridized carbons (Fsp3) is 0.130. The van der Waals surface area contributed by atoms with Gasteiger partial charge >= 0.3 is 23.9 Å². The van der Waals surface area contributed by atoms with Gasteiger partial charge in [0.15, 0.2) is 0 Å². The quantitative estimate of drug-likeness (QED) is 0.580. The van der Waals surface area contributed by atoms with Crippen LogP contribution in [-0.2, 0) is 28.7 Å². The van der Waals surface area contributed by atoms with E-state index in [-0.39, 0.29) is 0 Å². The predicted octanol–water partition coefficient (Wildman–Crippen LogP) is 3.23. The van der Waals surface area contributed by atoms with Gasteiger partial charge in [-0.05, 0) is 30.4 Å². The van der Waals surface area contributed by atoms with Crippen LogP contribution in [0.15, 0.2) is 71.8 Å². The molecular formula is C23H16O6. The van der Waals surface area contributed by atoms with Crippen molar-refractivity contribution in [3.8, 4) is 0 Å². The molecule has 0 unspecified atom stereocenters. The third-order valence-electron chi connectivity index (χ3n) is 4.86. The molecule has 2 aliphatic heterocycles. The second-order valence-corrected chi connectivity index (χ2v) is 6.65. The first-order valence-corrected chi connectivity index (χ1v) is 9.16. The fourth-order valence-electron chi connectivity index (χ4n) is 3.53. The van der Waals surface area contributed by atoms with Crippen molar-refractivity contribution in [3.63, 3.8) is 0 Å². The smallest absolute Gasteiger partial charge is 0.347 e. The van der Waals surface area contributed by atoms with Crippen molar-refractivity contribution in [2.75, 3.05) is 0 Å². The Morgan fingerprint density at radius 3 is 1.31 bits per heavy atom. The minimum atomic E-state index is -0.588. The number of hydrogen-bond acceptors (Lipinski definition) is 6. The lowest BCUT2D eigenvalue weighted by Gasteiger charge is -2.02. The van der Waals surface area contributed by atoms with Crippen LogP contribution in [-0.4, -0.2) is 23.9 Å². The van der Waals surface area contributed by atoms with Crippen LogP contribution >= 0.6 is 0 Å². The van der Waals surface area contributed by atoms with Gasteiger partial charge in [-0.3, -0.25) is 0 Å². The summed E-state index contributed by atoms with van der Waals surface area (Å²) in [6.07, 6.45) is 2.37. The molecule has 2 aromatic carbocycles. The summed E-state index contributed by atoms with van der Waals surface area (Å²) in [5, 5.41) is 0. The minimum absolute atomic E-state index is 0.330. The SMILES string of the molecule is O=C1OC(=O)C(c2ccccc2)=C1c1ccccc1.O=C1OC(=O)C2=C1CCC2. The summed E-state index contributed by atoms with van der Waals surface area (Å²) in [4.78, 5) is 45.3. The lowest BCUT2D eigenvalue weighted by molar-refractivity contribution is -0.152. The number of benzene rings is 2. The monoisotopic (exact) mass is 388 g/mol. The molecule has 6 heteroatoms. The summed E-state index contributed by atoms with van der Waals surface area (Å²) >= 11 is 0. The molecule has 0 spiro atoms. The summed E-state index contributed by atoms with van der Waals surface area (Å²) in [6, 6.07) is 18.2. The maximum Gasteiger partial charge on any atom is 0.347 e. The Balaban J connectivity index is 0.000000171. The highest BCUT2D eigenvalue weighted by Crippen LogP contribution is 2.34. The summed E-state index contributed by atoms with van der Waals surface area (Å²) in [5.74, 6) is -2.01. The van der Waals surface area contributed by atoms with E-state index in [1.807, 2.05) is 36.4 Å². The van der Waals surface area contributed by atoms with E-state index in [1.165, 1.54) is 0 Å². The largest absolute Gasteiger partial charge is 0.386 e. The lowest BCUT2D eigenvalue weighted by Crippen LogP contribution is -2.03. The van der Waals surface area contributed by atoms with Crippen LogP contribution in [0.1, 0.15) is 30.4 Å². The van der Waals surface area contributed by atoms with E-state index < -0.39 is 23.9 Å². The zero-order valence-corrected chi connectivity index (χ0v) is 15.3. The Bertz CT molecular complexity index is 993. The van der Waals surface area contributed by atoms with Crippen molar-refractivity contribution in [3.05, 3.63) is 82.9 Å². The van der Waals surface area contributed by atoms with Crippen LogP contribution in [0.5, 0.6) is 0 Å². The molecule has 1 aliphatic carbocycles. The summed E-state index contributed by atoms with van der Waals surface area (Å²) in [5.41, 5.74) is 3.28. The first kappa shape index (κ1) is 18.6. The first-order valence-electron chi connectivity index (χ1n) is 9.16. The molecule has 2 heterocycles. The third-order valence-corrected chi connectivity index (χ3v) is 4.86.